The van der Waals surface area contributed by atoms with E-state index >= 15 is 0 Å². The van der Waals surface area contributed by atoms with Crippen LogP contribution in [0.4, 0.5) is 29.9 Å². The Kier molecular flexibility index (Phi) is 51.7. The molecule has 0 spiro atoms. The lowest BCUT2D eigenvalue weighted by molar-refractivity contribution is -0.143. The van der Waals surface area contributed by atoms with Crippen LogP contribution in [0.5, 0.6) is 46.1 Å². The average Bonchev–Trinajstić information content (AvgIpc) is 1.66. The Labute approximate surface area is 738 Å². The molecular weight excluding hydrogens is 1650 g/mol. The van der Waals surface area contributed by atoms with Crippen molar-refractivity contribution in [2.45, 2.75) is 217 Å². The van der Waals surface area contributed by atoms with Crippen LogP contribution in [-0.4, -0.2) is 207 Å². The van der Waals surface area contributed by atoms with E-state index in [1.807, 2.05) is 163 Å². The number of esters is 2. The van der Waals surface area contributed by atoms with Gasteiger partial charge in [-0.05, 0) is 157 Å². The van der Waals surface area contributed by atoms with Crippen molar-refractivity contribution in [3.05, 3.63) is 113 Å². The van der Waals surface area contributed by atoms with Crippen LogP contribution >= 0.6 is 59.6 Å². The Balaban J connectivity index is 0.000000716. The first-order valence-corrected chi connectivity index (χ1v) is 44.6. The number of rotatable bonds is 27. The number of unbranched alkanes of at least 4 members (excludes halogenated alkanes) is 2. The highest BCUT2D eigenvalue weighted by atomic mass is 32.2. The van der Waals surface area contributed by atoms with Crippen LogP contribution in [0.2, 0.25) is 0 Å². The predicted octanol–water partition coefficient (Wildman–Crippen LogP) is 19.7. The highest BCUT2D eigenvalue weighted by Gasteiger charge is 2.35. The number of para-hydroxylation sites is 5. The van der Waals surface area contributed by atoms with Crippen LogP contribution < -0.4 is 48.1 Å². The quantitative estimate of drug-likeness (QED) is 0.00970. The molecule has 31 nitrogen and oxygen atoms in total. The van der Waals surface area contributed by atoms with Crippen molar-refractivity contribution in [1.29, 1.82) is 0 Å². The lowest BCUT2D eigenvalue weighted by Gasteiger charge is -2.25. The zero-order valence-corrected chi connectivity index (χ0v) is 80.4. The fourth-order valence-electron chi connectivity index (χ4n) is 9.08. The molecule has 4 aromatic carbocycles. The summed E-state index contributed by atoms with van der Waals surface area (Å²) in [5, 5.41) is 14.4. The number of ether oxygens (including phenoxy) is 8. The third-order valence-electron chi connectivity index (χ3n) is 16.0. The highest BCUT2D eigenvalue weighted by molar-refractivity contribution is 8.13. The van der Waals surface area contributed by atoms with E-state index in [2.05, 4.69) is 77.3 Å². The van der Waals surface area contributed by atoms with Crippen molar-refractivity contribution in [2.24, 2.45) is 15.5 Å². The number of oxime groups is 3. The number of amides is 5. The number of aromatic nitrogens is 2. The zero-order chi connectivity index (χ0) is 91.9. The van der Waals surface area contributed by atoms with E-state index < -0.39 is 24.4 Å². The molecule has 36 heteroatoms. The van der Waals surface area contributed by atoms with E-state index in [-0.39, 0.29) is 46.1 Å². The number of nitrogens with zero attached hydrogens (tertiary/aromatic N) is 11. The van der Waals surface area contributed by atoms with Crippen LogP contribution in [0, 0.1) is 13.8 Å². The van der Waals surface area contributed by atoms with Gasteiger partial charge < -0.3 is 57.8 Å². The summed E-state index contributed by atoms with van der Waals surface area (Å²) in [5.74, 6) is 4.58. The molecule has 2 aliphatic heterocycles. The van der Waals surface area contributed by atoms with Gasteiger partial charge in [-0.15, -0.1) is 23.5 Å². The summed E-state index contributed by atoms with van der Waals surface area (Å²) in [5.41, 5.74) is 4.31. The Morgan fingerprint density at radius 2 is 1.00 bits per heavy atom. The van der Waals surface area contributed by atoms with E-state index in [0.29, 0.717) is 87.3 Å². The van der Waals surface area contributed by atoms with Gasteiger partial charge in [0.1, 0.15) is 27.0 Å². The molecule has 0 fully saturated rings. The van der Waals surface area contributed by atoms with Gasteiger partial charge in [0.15, 0.2) is 34.5 Å². The fraction of sp³-hybridized carbons (Fsp3) is 0.541. The van der Waals surface area contributed by atoms with Crippen LogP contribution in [-0.2, 0) is 41.7 Å². The maximum absolute atomic E-state index is 12.6. The topological polar surface area (TPSA) is 332 Å². The van der Waals surface area contributed by atoms with Crippen molar-refractivity contribution in [1.82, 2.24) is 37.4 Å². The minimum atomic E-state index is -0.711. The number of hydrogen-bond donors (Lipinski definition) is 1. The van der Waals surface area contributed by atoms with E-state index in [0.717, 1.165) is 100 Å². The lowest BCUT2D eigenvalue weighted by Crippen LogP contribution is -2.30. The summed E-state index contributed by atoms with van der Waals surface area (Å²) in [4.78, 5) is 117. The van der Waals surface area contributed by atoms with Gasteiger partial charge in [-0.3, -0.25) is 19.3 Å². The Hall–Kier alpha value is -9.36. The van der Waals surface area contributed by atoms with Crippen LogP contribution in [0.3, 0.4) is 0 Å². The number of aryl methyl sites for hydroxylation is 1. The number of fused-ring (bicyclic) bond motifs is 2. The molecule has 0 unspecified atom stereocenters. The summed E-state index contributed by atoms with van der Waals surface area (Å²) >= 11 is 6.59. The van der Waals surface area contributed by atoms with E-state index in [4.69, 9.17) is 37.9 Å². The van der Waals surface area contributed by atoms with Crippen molar-refractivity contribution in [3.63, 3.8) is 0 Å². The third-order valence-corrected chi connectivity index (χ3v) is 20.2. The number of thioether (sulfide) groups is 3. The Bertz CT molecular complexity index is 4120. The SMILES string of the molecule is CCC(=O)O/N=C/C(C)(C)SC.CCC(=O)Oc1ccccc1C(C)C.CCC(=O)Oc1ccccc1OC(C)C.CCCCN(CCCC)SN(C)C(=O)Oc1cccc2c1OC(C)(C)C2.CNC(=O)Oc1cccc2c1OC(C)(C)C2.CS/C(C)=N/OC(=O)N(C)SN(C)C(=O)O/N=C(\C)SC.Cc1nc(N(C)C)nc(OC(=O)N(C)C)c1C. The molecule has 5 aromatic rings. The molecular formula is C85H130N12O19S5. The highest BCUT2D eigenvalue weighted by Crippen LogP contribution is 2.44. The molecule has 121 heavy (non-hydrogen) atoms. The molecule has 1 N–H and O–H groups in total. The van der Waals surface area contributed by atoms with Gasteiger partial charge >= 0.3 is 48.4 Å². The largest absolute Gasteiger partial charge is 0.487 e. The number of carbonyl (C=O) groups is 8. The normalized spacial score (nSPS) is 12.4. The summed E-state index contributed by atoms with van der Waals surface area (Å²) in [7, 11) is 13.1. The molecule has 0 saturated carbocycles. The summed E-state index contributed by atoms with van der Waals surface area (Å²) < 4.78 is 49.5. The second kappa shape index (κ2) is 57.1. The minimum Gasteiger partial charge on any atom is -0.487 e. The molecule has 0 atom stereocenters. The molecule has 3 heterocycles. The van der Waals surface area contributed by atoms with Gasteiger partial charge in [-0.25, -0.2) is 51.0 Å². The van der Waals surface area contributed by atoms with Crippen molar-refractivity contribution >= 4 is 130 Å². The minimum absolute atomic E-state index is 0.0616. The molecule has 0 saturated heterocycles. The fourth-order valence-corrected chi connectivity index (χ4v) is 10.9. The van der Waals surface area contributed by atoms with Gasteiger partial charge in [0, 0.05) is 141 Å². The number of hydrogen-bond acceptors (Lipinski definition) is 31. The lowest BCUT2D eigenvalue weighted by atomic mass is 10.0. The standard InChI is InChI=1S/C20H32N2O3S.C12H15NO3.C12H16O3.C12H16O2.C11H18N4O2.C10H18N4O4S3.C8H15NO2S/c1-6-8-13-22(14-9-7-2)26-21(5)19(23)24-17-12-10-11-16-15-20(3,4)25-18(16)17;1-12(2)7-8-5-4-6-9(10(8)16-12)15-11(14)13-3;1-4-12(13)15-11-8-6-5-7-10(11)14-9(2)3;1-4-12(13)14-11-8-6-5-7-10(11)9(2)3;1-7-8(2)12-10(14(3)4)13-9(7)17-11(16)15(5)6;1-7(19-5)11-17-9(15)13(3)21-14(4)10(16)18-12-8(2)20-6;1-5-7(10)11-9-6-8(2,3)12-4/h10-12H,6-9,13-15H2,1-5H3;4-6H,7H2,1-3H3,(H,13,14);5-9H,4H2,1-3H3;5-9H,4H2,1-3H3;1-6H3;1-6H3;6H,5H2,1-4H3/b;;;;;11-7+,12-8+;9-6+. The number of anilines is 1. The van der Waals surface area contributed by atoms with E-state index in [1.165, 1.54) is 61.7 Å². The molecule has 1 aromatic heterocycles. The molecule has 7 rings (SSSR count). The van der Waals surface area contributed by atoms with Gasteiger partial charge in [-0.2, -0.15) is 16.7 Å². The molecule has 5 amide bonds. The van der Waals surface area contributed by atoms with Crippen LogP contribution in [0.1, 0.15) is 197 Å². The number of benzene rings is 4. The molecule has 674 valence electrons. The molecule has 2 aliphatic rings. The summed E-state index contributed by atoms with van der Waals surface area (Å²) in [6, 6.07) is 26.1. The summed E-state index contributed by atoms with van der Waals surface area (Å²) in [6.45, 7) is 38.8. The number of carbonyl (C=O) groups excluding carboxylic acids is 8. The average molecular weight is 1780 g/mol. The van der Waals surface area contributed by atoms with Crippen molar-refractivity contribution in [2.75, 3.05) is 93.1 Å². The maximum atomic E-state index is 12.6. The first-order valence-electron chi connectivity index (χ1n) is 39.4. The van der Waals surface area contributed by atoms with E-state index in [1.54, 1.807) is 107 Å². The number of nitrogens with one attached hydrogen (secondary N) is 1. The van der Waals surface area contributed by atoms with Gasteiger partial charge in [0.25, 0.3) is 0 Å². The van der Waals surface area contributed by atoms with Crippen LogP contribution in [0.15, 0.2) is 100 Å². The second-order valence-electron chi connectivity index (χ2n) is 29.2. The second-order valence-corrected chi connectivity index (χ2v) is 35.2. The monoisotopic (exact) mass is 1780 g/mol. The Morgan fingerprint density at radius 1 is 0.554 bits per heavy atom. The molecule has 0 aliphatic carbocycles. The predicted molar refractivity (Wildman–Crippen MR) is 489 cm³/mol. The van der Waals surface area contributed by atoms with Crippen molar-refractivity contribution < 1.29 is 90.8 Å². The zero-order valence-electron chi connectivity index (χ0n) is 76.3. The van der Waals surface area contributed by atoms with E-state index in [9.17, 15) is 38.4 Å². The van der Waals surface area contributed by atoms with Crippen molar-refractivity contribution in [3.8, 4) is 46.1 Å². The summed E-state index contributed by atoms with van der Waals surface area (Å²) in [6.07, 6.45) is 11.8. The smallest absolute Gasteiger partial charge is 0.447 e. The van der Waals surface area contributed by atoms with Gasteiger partial charge in [0.05, 0.1) is 24.5 Å². The van der Waals surface area contributed by atoms with Gasteiger partial charge in [-0.1, -0.05) is 131 Å². The molecule has 0 radical (unpaired) electrons. The first kappa shape index (κ1) is 110. The van der Waals surface area contributed by atoms with Crippen LogP contribution in [0.25, 0.3) is 0 Å². The Morgan fingerprint density at radius 3 is 1.43 bits per heavy atom. The third kappa shape index (κ3) is 43.8. The molecule has 0 bridgehead atoms. The van der Waals surface area contributed by atoms with Gasteiger partial charge in [0.2, 0.25) is 11.8 Å². The maximum Gasteiger partial charge on any atom is 0.447 e. The first-order chi connectivity index (χ1) is 56.8.